The van der Waals surface area contributed by atoms with E-state index in [2.05, 4.69) is 16.9 Å². The number of nitrogens with zero attached hydrogens (tertiary/aromatic N) is 2. The summed E-state index contributed by atoms with van der Waals surface area (Å²) in [6, 6.07) is 2.35. The van der Waals surface area contributed by atoms with Crippen molar-refractivity contribution in [3.8, 4) is 0 Å². The van der Waals surface area contributed by atoms with Crippen LogP contribution in [0.3, 0.4) is 0 Å². The molecule has 0 amide bonds. The summed E-state index contributed by atoms with van der Waals surface area (Å²) in [5.41, 5.74) is 2.20. The Kier molecular flexibility index (Phi) is 2.79. The number of aliphatic hydroxyl groups excluding tert-OH is 1. The average molecular weight is 192 g/mol. The van der Waals surface area contributed by atoms with Crippen LogP contribution in [0, 0.1) is 0 Å². The molecule has 0 bridgehead atoms. The van der Waals surface area contributed by atoms with Crippen molar-refractivity contribution >= 4 is 0 Å². The summed E-state index contributed by atoms with van der Waals surface area (Å²) >= 11 is 0. The third kappa shape index (κ3) is 1.65. The average Bonchev–Trinajstić information content (AvgIpc) is 2.64. The van der Waals surface area contributed by atoms with Crippen LogP contribution in [-0.2, 0) is 6.61 Å². The molecule has 14 heavy (non-hydrogen) atoms. The van der Waals surface area contributed by atoms with E-state index in [1.54, 1.807) is 6.20 Å². The Morgan fingerprint density at radius 2 is 2.50 bits per heavy atom. The molecule has 0 aromatic carbocycles. The first-order valence-corrected chi connectivity index (χ1v) is 5.07. The number of rotatable bonds is 2. The van der Waals surface area contributed by atoms with Gasteiger partial charge in [-0.2, -0.15) is 0 Å². The van der Waals surface area contributed by atoms with Crippen LogP contribution in [0.25, 0.3) is 0 Å². The zero-order valence-corrected chi connectivity index (χ0v) is 8.48. The molecule has 3 nitrogen and oxygen atoms in total. The maximum atomic E-state index is 9.22. The van der Waals surface area contributed by atoms with Crippen LogP contribution >= 0.6 is 0 Å². The van der Waals surface area contributed by atoms with Crippen molar-refractivity contribution in [3.63, 3.8) is 0 Å². The Balaban J connectivity index is 2.30. The molecular formula is C11H16N2O. The molecule has 1 atom stereocenters. The molecule has 3 heteroatoms. The fraction of sp³-hybridized carbons (Fsp3) is 0.545. The molecule has 0 saturated carbocycles. The van der Waals surface area contributed by atoms with E-state index in [1.807, 2.05) is 12.3 Å². The Hall–Kier alpha value is -0.930. The molecule has 1 aromatic rings. The third-order valence-electron chi connectivity index (χ3n) is 3.00. The largest absolute Gasteiger partial charge is 0.392 e. The number of hydrogen-bond donors (Lipinski definition) is 1. The molecule has 1 aliphatic rings. The van der Waals surface area contributed by atoms with E-state index >= 15 is 0 Å². The minimum atomic E-state index is 0.113. The van der Waals surface area contributed by atoms with E-state index in [1.165, 1.54) is 18.4 Å². The van der Waals surface area contributed by atoms with Crippen LogP contribution < -0.4 is 0 Å². The Labute approximate surface area is 84.4 Å². The van der Waals surface area contributed by atoms with Gasteiger partial charge in [0.2, 0.25) is 0 Å². The van der Waals surface area contributed by atoms with Crippen LogP contribution in [0.15, 0.2) is 18.5 Å². The minimum Gasteiger partial charge on any atom is -0.392 e. The first-order chi connectivity index (χ1) is 6.83. The zero-order valence-electron chi connectivity index (χ0n) is 8.48. The Morgan fingerprint density at radius 3 is 3.14 bits per heavy atom. The molecule has 76 valence electrons. The first-order valence-electron chi connectivity index (χ1n) is 5.07. The number of aliphatic hydroxyl groups is 1. The highest BCUT2D eigenvalue weighted by Crippen LogP contribution is 2.31. The normalized spacial score (nSPS) is 22.9. The predicted molar refractivity (Wildman–Crippen MR) is 54.8 cm³/mol. The Morgan fingerprint density at radius 1 is 1.64 bits per heavy atom. The van der Waals surface area contributed by atoms with Crippen LogP contribution in [0.2, 0.25) is 0 Å². The maximum absolute atomic E-state index is 9.22. The van der Waals surface area contributed by atoms with Gasteiger partial charge in [-0.1, -0.05) is 0 Å². The van der Waals surface area contributed by atoms with Crippen molar-refractivity contribution in [3.05, 3.63) is 29.6 Å². The van der Waals surface area contributed by atoms with Gasteiger partial charge in [0.1, 0.15) is 0 Å². The van der Waals surface area contributed by atoms with Crippen LogP contribution in [0.4, 0.5) is 0 Å². The van der Waals surface area contributed by atoms with E-state index in [0.29, 0.717) is 6.04 Å². The molecule has 0 aliphatic carbocycles. The fourth-order valence-electron chi connectivity index (χ4n) is 2.18. The lowest BCUT2D eigenvalue weighted by atomic mass is 10.0. The van der Waals surface area contributed by atoms with Crippen LogP contribution in [0.1, 0.15) is 30.0 Å². The summed E-state index contributed by atoms with van der Waals surface area (Å²) in [5.74, 6) is 0. The van der Waals surface area contributed by atoms with E-state index < -0.39 is 0 Å². The lowest BCUT2D eigenvalue weighted by molar-refractivity contribution is 0.270. The molecule has 1 aliphatic heterocycles. The molecule has 1 saturated heterocycles. The monoisotopic (exact) mass is 192 g/mol. The summed E-state index contributed by atoms with van der Waals surface area (Å²) in [6.45, 7) is 1.26. The van der Waals surface area contributed by atoms with Crippen molar-refractivity contribution in [1.29, 1.82) is 0 Å². The number of aromatic nitrogens is 1. The van der Waals surface area contributed by atoms with Crippen LogP contribution in [-0.4, -0.2) is 28.6 Å². The standard InChI is InChI=1S/C11H16N2O/c1-13-6-2-3-11(13)10-7-12-5-4-9(10)8-14/h4-5,7,11,14H,2-3,6,8H2,1H3. The molecule has 2 heterocycles. The van der Waals surface area contributed by atoms with Crippen LogP contribution in [0.5, 0.6) is 0 Å². The third-order valence-corrected chi connectivity index (χ3v) is 3.00. The van der Waals surface area contributed by atoms with Crippen molar-refractivity contribution < 1.29 is 5.11 Å². The van der Waals surface area contributed by atoms with Gasteiger partial charge in [-0.15, -0.1) is 0 Å². The van der Waals surface area contributed by atoms with Gasteiger partial charge in [0.05, 0.1) is 6.61 Å². The second kappa shape index (κ2) is 4.07. The summed E-state index contributed by atoms with van der Waals surface area (Å²) in [6.07, 6.45) is 6.04. The van der Waals surface area contributed by atoms with E-state index in [-0.39, 0.29) is 6.61 Å². The number of pyridine rings is 1. The van der Waals surface area contributed by atoms with Crippen molar-refractivity contribution in [1.82, 2.24) is 9.88 Å². The summed E-state index contributed by atoms with van der Waals surface area (Å²) < 4.78 is 0. The highest BCUT2D eigenvalue weighted by atomic mass is 16.3. The molecule has 1 fully saturated rings. The Bertz CT molecular complexity index is 314. The predicted octanol–water partition coefficient (Wildman–Crippen LogP) is 1.34. The molecule has 2 rings (SSSR count). The highest BCUT2D eigenvalue weighted by Gasteiger charge is 2.24. The summed E-state index contributed by atoms with van der Waals surface area (Å²) in [5, 5.41) is 9.22. The fourth-order valence-corrected chi connectivity index (χ4v) is 2.18. The quantitative estimate of drug-likeness (QED) is 0.768. The minimum absolute atomic E-state index is 0.113. The summed E-state index contributed by atoms with van der Waals surface area (Å²) in [4.78, 5) is 6.46. The lowest BCUT2D eigenvalue weighted by Gasteiger charge is -2.21. The number of hydrogen-bond acceptors (Lipinski definition) is 3. The van der Waals surface area contributed by atoms with E-state index in [4.69, 9.17) is 0 Å². The molecule has 0 spiro atoms. The molecule has 1 N–H and O–H groups in total. The van der Waals surface area contributed by atoms with Crippen molar-refractivity contribution in [2.45, 2.75) is 25.5 Å². The van der Waals surface area contributed by atoms with Gasteiger partial charge in [0.25, 0.3) is 0 Å². The highest BCUT2D eigenvalue weighted by molar-refractivity contribution is 5.26. The smallest absolute Gasteiger partial charge is 0.0686 e. The topological polar surface area (TPSA) is 36.4 Å². The number of likely N-dealkylation sites (tertiary alicyclic amines) is 1. The molecule has 1 unspecified atom stereocenters. The van der Waals surface area contributed by atoms with Gasteiger partial charge in [-0.3, -0.25) is 9.88 Å². The van der Waals surface area contributed by atoms with E-state index in [9.17, 15) is 5.11 Å². The maximum Gasteiger partial charge on any atom is 0.0686 e. The summed E-state index contributed by atoms with van der Waals surface area (Å²) in [7, 11) is 2.13. The van der Waals surface area contributed by atoms with Gasteiger partial charge < -0.3 is 5.11 Å². The molecule has 1 aromatic heterocycles. The van der Waals surface area contributed by atoms with Gasteiger partial charge in [0.15, 0.2) is 0 Å². The van der Waals surface area contributed by atoms with Gasteiger partial charge in [-0.25, -0.2) is 0 Å². The zero-order chi connectivity index (χ0) is 9.97. The lowest BCUT2D eigenvalue weighted by Crippen LogP contribution is -2.18. The SMILES string of the molecule is CN1CCCC1c1cnccc1CO. The molecular weight excluding hydrogens is 176 g/mol. The van der Waals surface area contributed by atoms with Gasteiger partial charge in [-0.05, 0) is 43.6 Å². The van der Waals surface area contributed by atoms with Gasteiger partial charge >= 0.3 is 0 Å². The molecule has 0 radical (unpaired) electrons. The van der Waals surface area contributed by atoms with E-state index in [0.717, 1.165) is 12.1 Å². The van der Waals surface area contributed by atoms with Crippen molar-refractivity contribution in [2.24, 2.45) is 0 Å². The first kappa shape index (κ1) is 9.62. The second-order valence-corrected chi connectivity index (χ2v) is 3.87. The van der Waals surface area contributed by atoms with Gasteiger partial charge in [0, 0.05) is 18.4 Å². The van der Waals surface area contributed by atoms with Crippen molar-refractivity contribution in [2.75, 3.05) is 13.6 Å². The second-order valence-electron chi connectivity index (χ2n) is 3.87.